The van der Waals surface area contributed by atoms with Gasteiger partial charge in [-0.15, -0.1) is 0 Å². The minimum absolute atomic E-state index is 0.0806. The van der Waals surface area contributed by atoms with E-state index in [1.165, 1.54) is 38.5 Å². The number of hydrogen-bond donors (Lipinski definition) is 1. The molecule has 76 valence electrons. The Morgan fingerprint density at radius 2 is 1.92 bits per heavy atom. The molecule has 13 heavy (non-hydrogen) atoms. The molecule has 0 aromatic carbocycles. The van der Waals surface area contributed by atoms with E-state index in [9.17, 15) is 0 Å². The first kappa shape index (κ1) is 9.47. The molecule has 2 nitrogen and oxygen atoms in total. The predicted octanol–water partition coefficient (Wildman–Crippen LogP) is 2.28. The smallest absolute Gasteiger partial charge is 0.103 e. The zero-order valence-corrected chi connectivity index (χ0v) is 8.54. The van der Waals surface area contributed by atoms with Crippen molar-refractivity contribution in [2.45, 2.75) is 57.8 Å². The van der Waals surface area contributed by atoms with Crippen molar-refractivity contribution in [2.24, 2.45) is 17.6 Å². The summed E-state index contributed by atoms with van der Waals surface area (Å²) in [6.07, 6.45) is 8.61. The molecule has 0 bridgehead atoms. The number of hydrogen-bond acceptors (Lipinski definition) is 2. The van der Waals surface area contributed by atoms with Crippen molar-refractivity contribution >= 4 is 0 Å². The molecule has 2 fully saturated rings. The maximum Gasteiger partial charge on any atom is 0.103 e. The molecule has 4 atom stereocenters. The van der Waals surface area contributed by atoms with Crippen LogP contribution in [-0.2, 0) is 4.74 Å². The first-order valence-corrected chi connectivity index (χ1v) is 5.66. The highest BCUT2D eigenvalue weighted by atomic mass is 16.5. The van der Waals surface area contributed by atoms with Gasteiger partial charge >= 0.3 is 0 Å². The minimum atomic E-state index is -0.0806. The van der Waals surface area contributed by atoms with Crippen LogP contribution in [0, 0.1) is 11.8 Å². The SMILES string of the molecule is CC(N)OC1CCC2CCCC2C1. The summed E-state index contributed by atoms with van der Waals surface area (Å²) in [5.41, 5.74) is 5.64. The van der Waals surface area contributed by atoms with Crippen LogP contribution in [0.3, 0.4) is 0 Å². The number of nitrogens with two attached hydrogens (primary N) is 1. The van der Waals surface area contributed by atoms with Gasteiger partial charge in [-0.2, -0.15) is 0 Å². The Hall–Kier alpha value is -0.0800. The molecule has 0 aliphatic heterocycles. The van der Waals surface area contributed by atoms with E-state index in [1.54, 1.807) is 0 Å². The fourth-order valence-electron chi connectivity index (χ4n) is 3.09. The standard InChI is InChI=1S/C11H21NO/c1-8(12)13-11-6-5-9-3-2-4-10(9)7-11/h8-11H,2-7,12H2,1H3. The largest absolute Gasteiger partial charge is 0.361 e. The molecule has 4 unspecified atom stereocenters. The summed E-state index contributed by atoms with van der Waals surface area (Å²) >= 11 is 0. The van der Waals surface area contributed by atoms with Crippen LogP contribution >= 0.6 is 0 Å². The zero-order chi connectivity index (χ0) is 9.26. The van der Waals surface area contributed by atoms with Crippen LogP contribution in [0.5, 0.6) is 0 Å². The van der Waals surface area contributed by atoms with Gasteiger partial charge in [0.25, 0.3) is 0 Å². The molecule has 0 aromatic heterocycles. The summed E-state index contributed by atoms with van der Waals surface area (Å²) in [5.74, 6) is 1.98. The first-order chi connectivity index (χ1) is 6.25. The molecule has 0 saturated heterocycles. The van der Waals surface area contributed by atoms with Gasteiger partial charge in [-0.1, -0.05) is 19.3 Å². The molecule has 0 amide bonds. The molecule has 2 heteroatoms. The number of ether oxygens (including phenoxy) is 1. The van der Waals surface area contributed by atoms with Crippen molar-refractivity contribution < 1.29 is 4.74 Å². The van der Waals surface area contributed by atoms with Gasteiger partial charge in [0.2, 0.25) is 0 Å². The van der Waals surface area contributed by atoms with E-state index >= 15 is 0 Å². The van der Waals surface area contributed by atoms with Gasteiger partial charge in [-0.25, -0.2) is 0 Å². The molecular weight excluding hydrogens is 162 g/mol. The van der Waals surface area contributed by atoms with Crippen molar-refractivity contribution in [2.75, 3.05) is 0 Å². The lowest BCUT2D eigenvalue weighted by atomic mass is 9.80. The van der Waals surface area contributed by atoms with E-state index in [4.69, 9.17) is 10.5 Å². The average Bonchev–Trinajstić information content (AvgIpc) is 2.49. The Balaban J connectivity index is 1.83. The first-order valence-electron chi connectivity index (χ1n) is 5.66. The molecule has 2 rings (SSSR count). The van der Waals surface area contributed by atoms with Crippen LogP contribution in [0.2, 0.25) is 0 Å². The molecule has 0 spiro atoms. The molecule has 2 N–H and O–H groups in total. The second-order valence-corrected chi connectivity index (χ2v) is 4.73. The van der Waals surface area contributed by atoms with E-state index in [1.807, 2.05) is 6.92 Å². The van der Waals surface area contributed by atoms with Crippen LogP contribution in [-0.4, -0.2) is 12.3 Å². The molecule has 0 heterocycles. The summed E-state index contributed by atoms with van der Waals surface area (Å²) in [5, 5.41) is 0. The molecule has 2 aliphatic carbocycles. The van der Waals surface area contributed by atoms with E-state index < -0.39 is 0 Å². The Bertz CT molecular complexity index is 169. The maximum absolute atomic E-state index is 5.68. The predicted molar refractivity (Wildman–Crippen MR) is 53.2 cm³/mol. The van der Waals surface area contributed by atoms with Crippen molar-refractivity contribution in [1.82, 2.24) is 0 Å². The fourth-order valence-corrected chi connectivity index (χ4v) is 3.09. The molecule has 2 saturated carbocycles. The average molecular weight is 183 g/mol. The third-order valence-corrected chi connectivity index (χ3v) is 3.65. The highest BCUT2D eigenvalue weighted by molar-refractivity contribution is 4.85. The number of fused-ring (bicyclic) bond motifs is 1. The van der Waals surface area contributed by atoms with Gasteiger partial charge in [0.1, 0.15) is 6.23 Å². The van der Waals surface area contributed by atoms with Crippen LogP contribution < -0.4 is 5.73 Å². The highest BCUT2D eigenvalue weighted by Crippen LogP contribution is 2.42. The Morgan fingerprint density at radius 3 is 2.69 bits per heavy atom. The quantitative estimate of drug-likeness (QED) is 0.667. The van der Waals surface area contributed by atoms with Gasteiger partial charge in [0.15, 0.2) is 0 Å². The van der Waals surface area contributed by atoms with Gasteiger partial charge in [0, 0.05) is 0 Å². The summed E-state index contributed by atoms with van der Waals surface area (Å²) in [6.45, 7) is 1.93. The summed E-state index contributed by atoms with van der Waals surface area (Å²) < 4.78 is 5.68. The fraction of sp³-hybridized carbons (Fsp3) is 1.00. The normalized spacial score (nSPS) is 41.5. The van der Waals surface area contributed by atoms with E-state index in [0.717, 1.165) is 11.8 Å². The van der Waals surface area contributed by atoms with Crippen LogP contribution in [0.1, 0.15) is 45.4 Å². The van der Waals surface area contributed by atoms with Gasteiger partial charge in [-0.3, -0.25) is 0 Å². The Labute approximate surface area is 80.8 Å². The van der Waals surface area contributed by atoms with Crippen molar-refractivity contribution in [3.63, 3.8) is 0 Å². The Kier molecular flexibility index (Phi) is 2.89. The monoisotopic (exact) mass is 183 g/mol. The van der Waals surface area contributed by atoms with Gasteiger partial charge in [0.05, 0.1) is 6.10 Å². The topological polar surface area (TPSA) is 35.2 Å². The van der Waals surface area contributed by atoms with Crippen molar-refractivity contribution in [3.8, 4) is 0 Å². The van der Waals surface area contributed by atoms with Crippen LogP contribution in [0.25, 0.3) is 0 Å². The highest BCUT2D eigenvalue weighted by Gasteiger charge is 2.34. The molecular formula is C11H21NO. The van der Waals surface area contributed by atoms with Gasteiger partial charge < -0.3 is 10.5 Å². The Morgan fingerprint density at radius 1 is 1.15 bits per heavy atom. The zero-order valence-electron chi connectivity index (χ0n) is 8.54. The maximum atomic E-state index is 5.68. The van der Waals surface area contributed by atoms with Crippen molar-refractivity contribution in [1.29, 1.82) is 0 Å². The third kappa shape index (κ3) is 2.23. The second-order valence-electron chi connectivity index (χ2n) is 4.73. The summed E-state index contributed by atoms with van der Waals surface area (Å²) in [6, 6.07) is 0. The minimum Gasteiger partial charge on any atom is -0.361 e. The molecule has 0 aromatic rings. The third-order valence-electron chi connectivity index (χ3n) is 3.65. The summed E-state index contributed by atoms with van der Waals surface area (Å²) in [7, 11) is 0. The summed E-state index contributed by atoms with van der Waals surface area (Å²) in [4.78, 5) is 0. The second kappa shape index (κ2) is 3.97. The molecule has 2 aliphatic rings. The van der Waals surface area contributed by atoms with E-state index in [2.05, 4.69) is 0 Å². The lowest BCUT2D eigenvalue weighted by Crippen LogP contribution is -2.32. The van der Waals surface area contributed by atoms with Gasteiger partial charge in [-0.05, 0) is 38.0 Å². The van der Waals surface area contributed by atoms with E-state index in [0.29, 0.717) is 6.10 Å². The van der Waals surface area contributed by atoms with Crippen LogP contribution in [0.15, 0.2) is 0 Å². The lowest BCUT2D eigenvalue weighted by molar-refractivity contribution is -0.0366. The lowest BCUT2D eigenvalue weighted by Gasteiger charge is -2.32. The van der Waals surface area contributed by atoms with E-state index in [-0.39, 0.29) is 6.23 Å². The van der Waals surface area contributed by atoms with Crippen LogP contribution in [0.4, 0.5) is 0 Å². The number of rotatable bonds is 2. The van der Waals surface area contributed by atoms with Crippen molar-refractivity contribution in [3.05, 3.63) is 0 Å². The molecule has 0 radical (unpaired) electrons.